The van der Waals surface area contributed by atoms with Gasteiger partial charge in [-0.05, 0) is 54.1 Å². The van der Waals surface area contributed by atoms with Crippen LogP contribution in [0, 0.1) is 0 Å². The number of ether oxygens (including phenoxy) is 2. The van der Waals surface area contributed by atoms with Gasteiger partial charge in [-0.2, -0.15) is 0 Å². The van der Waals surface area contributed by atoms with E-state index in [1.807, 2.05) is 6.07 Å². The third-order valence-electron chi connectivity index (χ3n) is 5.54. The average molecular weight is 379 g/mol. The van der Waals surface area contributed by atoms with Crippen molar-refractivity contribution in [2.45, 2.75) is 46.1 Å². The maximum absolute atomic E-state index is 11.8. The van der Waals surface area contributed by atoms with Crippen LogP contribution in [0.25, 0.3) is 11.1 Å². The van der Waals surface area contributed by atoms with Gasteiger partial charge in [0.1, 0.15) is 0 Å². The number of esters is 2. The number of rotatable bonds is 4. The maximum atomic E-state index is 11.8. The molecule has 28 heavy (non-hydrogen) atoms. The van der Waals surface area contributed by atoms with Gasteiger partial charge in [-0.3, -0.25) is 14.5 Å². The standard InChI is InChI=1S/C23H25NO4/c1-4-11-24-12-10-16-6-5-7-18-21(16)19(24)13-17-8-9-20(27-14(2)25)23(22(17)18)28-15(3)26/h5-9,19H,4,10-13H2,1-3H3. The summed E-state index contributed by atoms with van der Waals surface area (Å²) >= 11 is 0. The van der Waals surface area contributed by atoms with Crippen LogP contribution in [0.5, 0.6) is 11.5 Å². The Hall–Kier alpha value is -2.66. The SMILES string of the molecule is CCCN1CCc2cccc3c2C1Cc1ccc(OC(C)=O)c(OC(C)=O)c1-3. The molecule has 0 radical (unpaired) electrons. The molecule has 4 rings (SSSR count). The van der Waals surface area contributed by atoms with Crippen LogP contribution in [0.2, 0.25) is 0 Å². The third-order valence-corrected chi connectivity index (χ3v) is 5.54. The number of carbonyl (C=O) groups excluding carboxylic acids is 2. The van der Waals surface area contributed by atoms with Crippen LogP contribution in [0.3, 0.4) is 0 Å². The lowest BCUT2D eigenvalue weighted by Crippen LogP contribution is -2.38. The van der Waals surface area contributed by atoms with Crippen LogP contribution in [0.1, 0.15) is 49.9 Å². The summed E-state index contributed by atoms with van der Waals surface area (Å²) in [5.41, 5.74) is 5.75. The molecule has 1 aliphatic heterocycles. The highest BCUT2D eigenvalue weighted by Crippen LogP contribution is 2.51. The van der Waals surface area contributed by atoms with Gasteiger partial charge in [-0.15, -0.1) is 0 Å². The molecule has 0 amide bonds. The molecule has 146 valence electrons. The molecule has 0 spiro atoms. The fourth-order valence-electron chi connectivity index (χ4n) is 4.59. The van der Waals surface area contributed by atoms with Crippen LogP contribution >= 0.6 is 0 Å². The van der Waals surface area contributed by atoms with Gasteiger partial charge < -0.3 is 9.47 Å². The minimum atomic E-state index is -0.439. The van der Waals surface area contributed by atoms with Gasteiger partial charge in [-0.25, -0.2) is 0 Å². The predicted molar refractivity (Wildman–Crippen MR) is 107 cm³/mol. The van der Waals surface area contributed by atoms with Crippen LogP contribution in [-0.2, 0) is 22.4 Å². The van der Waals surface area contributed by atoms with Gasteiger partial charge in [0.2, 0.25) is 0 Å². The lowest BCUT2D eigenvalue weighted by Gasteiger charge is -2.42. The summed E-state index contributed by atoms with van der Waals surface area (Å²) < 4.78 is 10.9. The Morgan fingerprint density at radius 3 is 2.57 bits per heavy atom. The Labute approximate surface area is 165 Å². The Morgan fingerprint density at radius 1 is 1.07 bits per heavy atom. The Balaban J connectivity index is 1.92. The van der Waals surface area contributed by atoms with Crippen molar-refractivity contribution in [1.29, 1.82) is 0 Å². The molecule has 1 atom stereocenters. The average Bonchev–Trinajstić information content (AvgIpc) is 2.65. The van der Waals surface area contributed by atoms with Crippen LogP contribution in [0.4, 0.5) is 0 Å². The molecule has 5 heteroatoms. The normalized spacial score (nSPS) is 17.5. The summed E-state index contributed by atoms with van der Waals surface area (Å²) in [5.74, 6) is -0.231. The van der Waals surface area contributed by atoms with Crippen molar-refractivity contribution in [1.82, 2.24) is 4.90 Å². The topological polar surface area (TPSA) is 55.8 Å². The Bertz CT molecular complexity index is 950. The zero-order valence-electron chi connectivity index (χ0n) is 16.6. The first kappa shape index (κ1) is 18.7. The monoisotopic (exact) mass is 379 g/mol. The molecular formula is C23H25NO4. The summed E-state index contributed by atoms with van der Waals surface area (Å²) in [4.78, 5) is 25.9. The fourth-order valence-corrected chi connectivity index (χ4v) is 4.59. The molecular weight excluding hydrogens is 354 g/mol. The smallest absolute Gasteiger partial charge is 0.308 e. The van der Waals surface area contributed by atoms with Gasteiger partial charge >= 0.3 is 11.9 Å². The zero-order valence-corrected chi connectivity index (χ0v) is 16.6. The van der Waals surface area contributed by atoms with Crippen LogP contribution in [-0.4, -0.2) is 29.9 Å². The van der Waals surface area contributed by atoms with E-state index in [2.05, 4.69) is 30.0 Å². The molecule has 2 aromatic rings. The summed E-state index contributed by atoms with van der Waals surface area (Å²) in [6, 6.07) is 10.4. The van der Waals surface area contributed by atoms with Gasteiger partial charge in [0, 0.05) is 32.0 Å². The fraction of sp³-hybridized carbons (Fsp3) is 0.391. The highest BCUT2D eigenvalue weighted by molar-refractivity contribution is 5.86. The second-order valence-electron chi connectivity index (χ2n) is 7.50. The van der Waals surface area contributed by atoms with Crippen molar-refractivity contribution in [2.75, 3.05) is 13.1 Å². The number of hydrogen-bond acceptors (Lipinski definition) is 5. The lowest BCUT2D eigenvalue weighted by atomic mass is 9.76. The molecule has 0 bridgehead atoms. The van der Waals surface area contributed by atoms with Crippen molar-refractivity contribution in [2.24, 2.45) is 0 Å². The van der Waals surface area contributed by atoms with E-state index in [0.29, 0.717) is 17.5 Å². The largest absolute Gasteiger partial charge is 0.423 e. The molecule has 1 aliphatic carbocycles. The van der Waals surface area contributed by atoms with Crippen LogP contribution in [0.15, 0.2) is 30.3 Å². The summed E-state index contributed by atoms with van der Waals surface area (Å²) in [5, 5.41) is 0. The molecule has 5 nitrogen and oxygen atoms in total. The minimum absolute atomic E-state index is 0.290. The molecule has 0 aromatic heterocycles. The van der Waals surface area contributed by atoms with E-state index < -0.39 is 11.9 Å². The van der Waals surface area contributed by atoms with E-state index in [4.69, 9.17) is 9.47 Å². The number of benzene rings is 2. The van der Waals surface area contributed by atoms with Gasteiger partial charge in [0.15, 0.2) is 11.5 Å². The molecule has 0 N–H and O–H groups in total. The first-order valence-corrected chi connectivity index (χ1v) is 9.88. The number of hydrogen-bond donors (Lipinski definition) is 0. The van der Waals surface area contributed by atoms with Gasteiger partial charge in [-0.1, -0.05) is 31.2 Å². The number of nitrogens with zero attached hydrogens (tertiary/aromatic N) is 1. The number of carbonyl (C=O) groups is 2. The highest BCUT2D eigenvalue weighted by Gasteiger charge is 2.36. The Kier molecular flexibility index (Phi) is 4.94. The van der Waals surface area contributed by atoms with E-state index in [0.717, 1.165) is 49.0 Å². The molecule has 1 heterocycles. The van der Waals surface area contributed by atoms with E-state index in [1.165, 1.54) is 25.0 Å². The number of fused-ring (bicyclic) bond motifs is 2. The molecule has 0 saturated heterocycles. The summed E-state index contributed by atoms with van der Waals surface area (Å²) in [7, 11) is 0. The predicted octanol–water partition coefficient (Wildman–Crippen LogP) is 4.07. The third kappa shape index (κ3) is 3.20. The molecule has 0 fully saturated rings. The summed E-state index contributed by atoms with van der Waals surface area (Å²) in [6.07, 6.45) is 2.99. The molecule has 1 unspecified atom stereocenters. The highest BCUT2D eigenvalue weighted by atomic mass is 16.6. The second kappa shape index (κ2) is 7.40. The first-order valence-electron chi connectivity index (χ1n) is 9.88. The second-order valence-corrected chi connectivity index (χ2v) is 7.50. The minimum Gasteiger partial charge on any atom is -0.423 e. The van der Waals surface area contributed by atoms with Crippen molar-refractivity contribution in [3.05, 3.63) is 47.0 Å². The lowest BCUT2D eigenvalue weighted by molar-refractivity contribution is -0.134. The first-order chi connectivity index (χ1) is 13.5. The van der Waals surface area contributed by atoms with E-state index in [9.17, 15) is 9.59 Å². The van der Waals surface area contributed by atoms with Crippen molar-refractivity contribution >= 4 is 11.9 Å². The van der Waals surface area contributed by atoms with E-state index in [-0.39, 0.29) is 0 Å². The van der Waals surface area contributed by atoms with Crippen molar-refractivity contribution < 1.29 is 19.1 Å². The molecule has 2 aliphatic rings. The van der Waals surface area contributed by atoms with Crippen molar-refractivity contribution in [3.63, 3.8) is 0 Å². The quantitative estimate of drug-likeness (QED) is 0.592. The van der Waals surface area contributed by atoms with E-state index >= 15 is 0 Å². The zero-order chi connectivity index (χ0) is 19.8. The van der Waals surface area contributed by atoms with Crippen LogP contribution < -0.4 is 9.47 Å². The van der Waals surface area contributed by atoms with E-state index in [1.54, 1.807) is 6.07 Å². The molecule has 0 saturated carbocycles. The van der Waals surface area contributed by atoms with Crippen molar-refractivity contribution in [3.8, 4) is 22.6 Å². The maximum Gasteiger partial charge on any atom is 0.308 e. The van der Waals surface area contributed by atoms with Gasteiger partial charge in [0.25, 0.3) is 0 Å². The summed E-state index contributed by atoms with van der Waals surface area (Å²) in [6.45, 7) is 7.05. The van der Waals surface area contributed by atoms with Gasteiger partial charge in [0.05, 0.1) is 0 Å². The molecule has 2 aromatic carbocycles. The Morgan fingerprint density at radius 2 is 1.86 bits per heavy atom.